The van der Waals surface area contributed by atoms with Gasteiger partial charge in [0.2, 0.25) is 0 Å². The molecule has 13 heavy (non-hydrogen) atoms. The molecule has 74 valence electrons. The van der Waals surface area contributed by atoms with E-state index in [0.29, 0.717) is 23.7 Å². The molecule has 2 rings (SSSR count). The lowest BCUT2D eigenvalue weighted by Crippen LogP contribution is -2.40. The maximum Gasteiger partial charge on any atom is 0.180 e. The number of methoxy groups -OCH3 is 2. The Morgan fingerprint density at radius 2 is 1.31 bits per heavy atom. The van der Waals surface area contributed by atoms with Gasteiger partial charge in [-0.05, 0) is 11.8 Å². The van der Waals surface area contributed by atoms with Gasteiger partial charge in [0.05, 0.1) is 0 Å². The number of ether oxygens (including phenoxy) is 2. The Balaban J connectivity index is 2.36. The molecule has 2 heteroatoms. The molecule has 0 spiro atoms. The Kier molecular flexibility index (Phi) is 2.00. The van der Waals surface area contributed by atoms with Crippen molar-refractivity contribution in [2.24, 2.45) is 23.7 Å². The summed E-state index contributed by atoms with van der Waals surface area (Å²) in [6, 6.07) is 0. The number of hydrogen-bond acceptors (Lipinski definition) is 2. The van der Waals surface area contributed by atoms with E-state index in [4.69, 9.17) is 9.47 Å². The third-order valence-corrected chi connectivity index (χ3v) is 4.06. The minimum atomic E-state index is -0.362. The largest absolute Gasteiger partial charge is 0.352 e. The van der Waals surface area contributed by atoms with Crippen molar-refractivity contribution in [3.05, 3.63) is 12.2 Å². The van der Waals surface area contributed by atoms with Gasteiger partial charge in [0, 0.05) is 26.1 Å². The van der Waals surface area contributed by atoms with Gasteiger partial charge < -0.3 is 9.47 Å². The van der Waals surface area contributed by atoms with Crippen LogP contribution in [0.3, 0.4) is 0 Å². The zero-order chi connectivity index (χ0) is 9.64. The van der Waals surface area contributed by atoms with Crippen LogP contribution in [0.2, 0.25) is 0 Å². The minimum Gasteiger partial charge on any atom is -0.352 e. The van der Waals surface area contributed by atoms with Gasteiger partial charge in [-0.3, -0.25) is 0 Å². The van der Waals surface area contributed by atoms with E-state index in [1.54, 1.807) is 14.2 Å². The van der Waals surface area contributed by atoms with Crippen molar-refractivity contribution in [1.82, 2.24) is 0 Å². The lowest BCUT2D eigenvalue weighted by atomic mass is 9.86. The normalized spacial score (nSPS) is 45.8. The third-order valence-electron chi connectivity index (χ3n) is 4.06. The molecule has 0 aliphatic heterocycles. The molecule has 2 nitrogen and oxygen atoms in total. The summed E-state index contributed by atoms with van der Waals surface area (Å²) in [6.07, 6.45) is 4.50. The summed E-state index contributed by atoms with van der Waals surface area (Å²) >= 11 is 0. The lowest BCUT2D eigenvalue weighted by molar-refractivity contribution is -0.233. The van der Waals surface area contributed by atoms with Crippen LogP contribution in [0.25, 0.3) is 0 Å². The zero-order valence-corrected chi connectivity index (χ0v) is 8.78. The first kappa shape index (κ1) is 9.22. The number of fused-ring (bicyclic) bond motifs is 2. The van der Waals surface area contributed by atoms with E-state index in [1.807, 2.05) is 0 Å². The molecule has 1 saturated carbocycles. The second-order valence-electron chi connectivity index (χ2n) is 4.28. The minimum absolute atomic E-state index is 0.362. The summed E-state index contributed by atoms with van der Waals surface area (Å²) in [5.41, 5.74) is 0. The topological polar surface area (TPSA) is 18.5 Å². The Morgan fingerprint density at radius 3 is 1.54 bits per heavy atom. The van der Waals surface area contributed by atoms with E-state index in [9.17, 15) is 0 Å². The van der Waals surface area contributed by atoms with Crippen LogP contribution < -0.4 is 0 Å². The van der Waals surface area contributed by atoms with Crippen molar-refractivity contribution >= 4 is 0 Å². The first-order valence-corrected chi connectivity index (χ1v) is 4.96. The fraction of sp³-hybridized carbons (Fsp3) is 0.818. The molecule has 0 aromatic rings. The third kappa shape index (κ3) is 0.906. The molecule has 2 aliphatic carbocycles. The molecule has 4 unspecified atom stereocenters. The predicted molar refractivity (Wildman–Crippen MR) is 51.2 cm³/mol. The van der Waals surface area contributed by atoms with Crippen molar-refractivity contribution in [2.45, 2.75) is 19.6 Å². The van der Waals surface area contributed by atoms with E-state index in [2.05, 4.69) is 26.0 Å². The average Bonchev–Trinajstić information content (AvgIpc) is 2.61. The molecule has 0 heterocycles. The van der Waals surface area contributed by atoms with E-state index in [0.717, 1.165) is 0 Å². The SMILES string of the molecule is COC1(OC)C2C=CC1C(C)C2C. The number of rotatable bonds is 2. The molecule has 0 aromatic heterocycles. The molecule has 0 radical (unpaired) electrons. The Bertz CT molecular complexity index is 210. The van der Waals surface area contributed by atoms with Crippen LogP contribution in [-0.2, 0) is 9.47 Å². The smallest absolute Gasteiger partial charge is 0.180 e. The Labute approximate surface area is 79.9 Å². The molecular formula is C11H18O2. The van der Waals surface area contributed by atoms with E-state index in [-0.39, 0.29) is 5.79 Å². The molecule has 0 saturated heterocycles. The van der Waals surface area contributed by atoms with Crippen molar-refractivity contribution in [1.29, 1.82) is 0 Å². The second kappa shape index (κ2) is 2.82. The molecule has 1 fully saturated rings. The van der Waals surface area contributed by atoms with Gasteiger partial charge in [-0.1, -0.05) is 26.0 Å². The van der Waals surface area contributed by atoms with Crippen molar-refractivity contribution in [3.8, 4) is 0 Å². The summed E-state index contributed by atoms with van der Waals surface area (Å²) in [6.45, 7) is 4.57. The fourth-order valence-corrected chi connectivity index (χ4v) is 3.10. The lowest BCUT2D eigenvalue weighted by Gasteiger charge is -2.32. The monoisotopic (exact) mass is 182 g/mol. The number of hydrogen-bond donors (Lipinski definition) is 0. The highest BCUT2D eigenvalue weighted by atomic mass is 16.7. The molecule has 0 aromatic carbocycles. The van der Waals surface area contributed by atoms with E-state index in [1.165, 1.54) is 0 Å². The summed E-state index contributed by atoms with van der Waals surface area (Å²) < 4.78 is 11.2. The standard InChI is InChI=1S/C11H18O2/c1-7-8(2)10-6-5-9(7)11(10,12-3)13-4/h5-10H,1-4H3. The van der Waals surface area contributed by atoms with Crippen LogP contribution in [0.5, 0.6) is 0 Å². The summed E-state index contributed by atoms with van der Waals surface area (Å²) in [7, 11) is 3.50. The first-order chi connectivity index (χ1) is 6.17. The predicted octanol–water partition coefficient (Wildman–Crippen LogP) is 2.06. The van der Waals surface area contributed by atoms with Crippen LogP contribution in [0.15, 0.2) is 12.2 Å². The molecule has 0 N–H and O–H groups in total. The Hall–Kier alpha value is -0.340. The quantitative estimate of drug-likeness (QED) is 0.481. The van der Waals surface area contributed by atoms with Crippen LogP contribution in [0, 0.1) is 23.7 Å². The van der Waals surface area contributed by atoms with Crippen molar-refractivity contribution in [2.75, 3.05) is 14.2 Å². The fourth-order valence-electron chi connectivity index (χ4n) is 3.10. The van der Waals surface area contributed by atoms with Crippen LogP contribution in [0.4, 0.5) is 0 Å². The summed E-state index contributed by atoms with van der Waals surface area (Å²) in [4.78, 5) is 0. The van der Waals surface area contributed by atoms with Gasteiger partial charge in [-0.25, -0.2) is 0 Å². The molecular weight excluding hydrogens is 164 g/mol. The van der Waals surface area contributed by atoms with Crippen LogP contribution >= 0.6 is 0 Å². The van der Waals surface area contributed by atoms with Gasteiger partial charge in [0.15, 0.2) is 5.79 Å². The maximum atomic E-state index is 5.59. The van der Waals surface area contributed by atoms with Crippen molar-refractivity contribution in [3.63, 3.8) is 0 Å². The van der Waals surface area contributed by atoms with Gasteiger partial charge in [0.1, 0.15) is 0 Å². The van der Waals surface area contributed by atoms with Crippen LogP contribution in [-0.4, -0.2) is 20.0 Å². The van der Waals surface area contributed by atoms with Gasteiger partial charge in [-0.15, -0.1) is 0 Å². The molecule has 2 aliphatic rings. The average molecular weight is 182 g/mol. The van der Waals surface area contributed by atoms with Gasteiger partial charge >= 0.3 is 0 Å². The summed E-state index contributed by atoms with van der Waals surface area (Å²) in [5, 5.41) is 0. The van der Waals surface area contributed by atoms with Crippen LogP contribution in [0.1, 0.15) is 13.8 Å². The maximum absolute atomic E-state index is 5.59. The summed E-state index contributed by atoms with van der Waals surface area (Å²) in [5.74, 6) is 1.83. The molecule has 0 amide bonds. The highest BCUT2D eigenvalue weighted by molar-refractivity contribution is 5.21. The zero-order valence-electron chi connectivity index (χ0n) is 8.78. The Morgan fingerprint density at radius 1 is 0.923 bits per heavy atom. The first-order valence-electron chi connectivity index (χ1n) is 4.96. The molecule has 4 atom stereocenters. The highest BCUT2D eigenvalue weighted by Crippen LogP contribution is 2.56. The van der Waals surface area contributed by atoms with Gasteiger partial charge in [-0.2, -0.15) is 0 Å². The second-order valence-corrected chi connectivity index (χ2v) is 4.28. The van der Waals surface area contributed by atoms with Crippen molar-refractivity contribution < 1.29 is 9.47 Å². The van der Waals surface area contributed by atoms with E-state index >= 15 is 0 Å². The molecule has 2 bridgehead atoms. The van der Waals surface area contributed by atoms with E-state index < -0.39 is 0 Å². The van der Waals surface area contributed by atoms with Gasteiger partial charge in [0.25, 0.3) is 0 Å². The highest BCUT2D eigenvalue weighted by Gasteiger charge is 2.59.